The van der Waals surface area contributed by atoms with Gasteiger partial charge in [-0.3, -0.25) is 0 Å². The van der Waals surface area contributed by atoms with Gasteiger partial charge in [-0.2, -0.15) is 0 Å². The van der Waals surface area contributed by atoms with E-state index < -0.39 is 0 Å². The minimum atomic E-state index is 0.618. The van der Waals surface area contributed by atoms with Crippen molar-refractivity contribution >= 4 is 0 Å². The Balaban J connectivity index is 0.000000371. The molecule has 0 heteroatoms. The van der Waals surface area contributed by atoms with Crippen LogP contribution in [0.15, 0.2) is 30.3 Å². The fourth-order valence-corrected chi connectivity index (χ4v) is 0.483. The maximum Gasteiger partial charge on any atom is 0.0625 e. The first-order chi connectivity index (χ1) is 4.80. The topological polar surface area (TPSA) is 0 Å². The second-order valence-electron chi connectivity index (χ2n) is 1.55. The molecular formula is C9H14. The zero-order chi connectivity index (χ0) is 7.98. The molecule has 0 aliphatic heterocycles. The Labute approximate surface area is 58.9 Å². The predicted molar refractivity (Wildman–Crippen MR) is 42.5 cm³/mol. The molecule has 0 aromatic heterocycles. The third kappa shape index (κ3) is 3.77. The fraction of sp³-hybridized carbons (Fsp3) is 0.333. The average Bonchev–Trinajstić information content (AvgIpc) is 2.00. The summed E-state index contributed by atoms with van der Waals surface area (Å²) in [5, 5.41) is 0. The monoisotopic (exact) mass is 124 g/mol. The third-order valence-corrected chi connectivity index (χ3v) is 0.865. The highest BCUT2D eigenvalue weighted by Gasteiger charge is 1.72. The maximum atomic E-state index is 7.22. The highest BCUT2D eigenvalue weighted by molar-refractivity contribution is 5.11. The SMILES string of the molecule is CC.[3H]c1ccccc1C. The van der Waals surface area contributed by atoms with Crippen LogP contribution in [0.25, 0.3) is 0 Å². The summed E-state index contributed by atoms with van der Waals surface area (Å²) in [5.41, 5.74) is 1.03. The standard InChI is InChI=1S/C7H8.C2H6/c1-7-5-3-2-4-6-7;1-2/h2-6H,1H3;1-2H3/i5T;. The van der Waals surface area contributed by atoms with E-state index in [-0.39, 0.29) is 0 Å². The second kappa shape index (κ2) is 5.36. The largest absolute Gasteiger partial charge is 0.0683 e. The van der Waals surface area contributed by atoms with Gasteiger partial charge in [0.1, 0.15) is 0 Å². The third-order valence-electron chi connectivity index (χ3n) is 0.865. The summed E-state index contributed by atoms with van der Waals surface area (Å²) < 4.78 is 7.22. The first kappa shape index (κ1) is 6.34. The summed E-state index contributed by atoms with van der Waals surface area (Å²) >= 11 is 0. The van der Waals surface area contributed by atoms with Crippen LogP contribution in [-0.4, -0.2) is 0 Å². The van der Waals surface area contributed by atoms with Crippen molar-refractivity contribution in [2.24, 2.45) is 0 Å². The molecule has 0 bridgehead atoms. The molecule has 50 valence electrons. The lowest BCUT2D eigenvalue weighted by Crippen LogP contribution is -1.62. The van der Waals surface area contributed by atoms with E-state index in [2.05, 4.69) is 0 Å². The maximum absolute atomic E-state index is 7.22. The van der Waals surface area contributed by atoms with Crippen LogP contribution >= 0.6 is 0 Å². The van der Waals surface area contributed by atoms with Gasteiger partial charge in [-0.15, -0.1) is 0 Å². The smallest absolute Gasteiger partial charge is 0.0625 e. The lowest BCUT2D eigenvalue weighted by Gasteiger charge is -1.82. The van der Waals surface area contributed by atoms with Crippen LogP contribution in [0.2, 0.25) is 0 Å². The molecule has 0 aliphatic rings. The van der Waals surface area contributed by atoms with E-state index in [1.807, 2.05) is 39.0 Å². The van der Waals surface area contributed by atoms with Gasteiger partial charge in [0, 0.05) is 0 Å². The Hall–Kier alpha value is -0.780. The first-order valence-corrected chi connectivity index (χ1v) is 3.33. The van der Waals surface area contributed by atoms with Crippen LogP contribution in [0, 0.1) is 6.92 Å². The van der Waals surface area contributed by atoms with Crippen molar-refractivity contribution in [3.8, 4) is 0 Å². The molecule has 0 nitrogen and oxygen atoms in total. The second-order valence-corrected chi connectivity index (χ2v) is 1.55. The van der Waals surface area contributed by atoms with Crippen LogP contribution in [-0.2, 0) is 0 Å². The summed E-state index contributed by atoms with van der Waals surface area (Å²) in [6, 6.07) is 8.15. The van der Waals surface area contributed by atoms with Crippen molar-refractivity contribution in [1.29, 1.82) is 0 Å². The molecule has 1 aromatic carbocycles. The summed E-state index contributed by atoms with van der Waals surface area (Å²) in [7, 11) is 0. The van der Waals surface area contributed by atoms with Crippen molar-refractivity contribution in [3.05, 3.63) is 35.9 Å². The Morgan fingerprint density at radius 1 is 1.22 bits per heavy atom. The van der Waals surface area contributed by atoms with Crippen molar-refractivity contribution in [2.45, 2.75) is 20.8 Å². The molecule has 0 saturated carbocycles. The van der Waals surface area contributed by atoms with E-state index in [9.17, 15) is 0 Å². The van der Waals surface area contributed by atoms with Gasteiger partial charge in [0.25, 0.3) is 0 Å². The van der Waals surface area contributed by atoms with E-state index >= 15 is 0 Å². The fourth-order valence-electron chi connectivity index (χ4n) is 0.483. The molecule has 1 rings (SSSR count). The highest BCUT2D eigenvalue weighted by Crippen LogP contribution is 1.92. The van der Waals surface area contributed by atoms with Crippen LogP contribution in [0.4, 0.5) is 0 Å². The molecule has 0 amide bonds. The van der Waals surface area contributed by atoms with Gasteiger partial charge in [-0.05, 0) is 6.92 Å². The number of hydrogen-bond donors (Lipinski definition) is 0. The van der Waals surface area contributed by atoms with Gasteiger partial charge in [0.2, 0.25) is 0 Å². The number of hydrogen-bond acceptors (Lipinski definition) is 0. The first-order valence-electron chi connectivity index (χ1n) is 3.83. The van der Waals surface area contributed by atoms with Gasteiger partial charge in [0.15, 0.2) is 0 Å². The summed E-state index contributed by atoms with van der Waals surface area (Å²) in [6.45, 7) is 5.93. The van der Waals surface area contributed by atoms with Crippen LogP contribution in [0.1, 0.15) is 20.8 Å². The van der Waals surface area contributed by atoms with Gasteiger partial charge in [-0.1, -0.05) is 49.7 Å². The van der Waals surface area contributed by atoms with Crippen molar-refractivity contribution in [1.82, 2.24) is 0 Å². The molecular weight excluding hydrogens is 108 g/mol. The molecule has 0 heterocycles. The number of aryl methyl sites for hydroxylation is 1. The lowest BCUT2D eigenvalue weighted by atomic mass is 10.2. The molecule has 0 spiro atoms. The predicted octanol–water partition coefficient (Wildman–Crippen LogP) is 3.02. The van der Waals surface area contributed by atoms with E-state index in [0.717, 1.165) is 5.56 Å². The Kier molecular flexibility index (Phi) is 3.78. The zero-order valence-corrected chi connectivity index (χ0v) is 6.31. The van der Waals surface area contributed by atoms with Gasteiger partial charge >= 0.3 is 0 Å². The molecule has 1 aromatic rings. The molecule has 0 saturated heterocycles. The van der Waals surface area contributed by atoms with Crippen molar-refractivity contribution in [2.75, 3.05) is 0 Å². The average molecular weight is 124 g/mol. The van der Waals surface area contributed by atoms with Crippen molar-refractivity contribution < 1.29 is 1.37 Å². The number of benzene rings is 1. The quantitative estimate of drug-likeness (QED) is 0.498. The van der Waals surface area contributed by atoms with E-state index in [4.69, 9.17) is 1.37 Å². The van der Waals surface area contributed by atoms with Gasteiger partial charge in [-0.25, -0.2) is 0 Å². The molecule has 0 aliphatic carbocycles. The van der Waals surface area contributed by atoms with Gasteiger partial charge < -0.3 is 0 Å². The minimum Gasteiger partial charge on any atom is -0.0683 e. The molecule has 9 heavy (non-hydrogen) atoms. The van der Waals surface area contributed by atoms with Crippen molar-refractivity contribution in [3.63, 3.8) is 0 Å². The van der Waals surface area contributed by atoms with E-state index in [1.54, 1.807) is 6.07 Å². The lowest BCUT2D eigenvalue weighted by molar-refractivity contribution is 1.48. The number of rotatable bonds is 0. The molecule has 0 radical (unpaired) electrons. The van der Waals surface area contributed by atoms with E-state index in [1.165, 1.54) is 0 Å². The Morgan fingerprint density at radius 3 is 2.22 bits per heavy atom. The molecule has 0 atom stereocenters. The van der Waals surface area contributed by atoms with Crippen LogP contribution in [0.5, 0.6) is 0 Å². The highest BCUT2D eigenvalue weighted by atomic mass is 13.8. The molecule has 0 N–H and O–H groups in total. The Morgan fingerprint density at radius 2 is 1.89 bits per heavy atom. The zero-order valence-electron chi connectivity index (χ0n) is 7.31. The molecule has 0 unspecified atom stereocenters. The van der Waals surface area contributed by atoms with Crippen LogP contribution in [0.3, 0.4) is 0 Å². The Bertz CT molecular complexity index is 161. The molecule has 0 fully saturated rings. The van der Waals surface area contributed by atoms with E-state index in [0.29, 0.717) is 6.04 Å². The summed E-state index contributed by atoms with van der Waals surface area (Å²) in [4.78, 5) is 0. The minimum absolute atomic E-state index is 0.618. The normalized spacial score (nSPS) is 9.00. The van der Waals surface area contributed by atoms with Crippen LogP contribution < -0.4 is 0 Å². The summed E-state index contributed by atoms with van der Waals surface area (Å²) in [6.07, 6.45) is 0. The van der Waals surface area contributed by atoms with Gasteiger partial charge in [0.05, 0.1) is 1.37 Å². The summed E-state index contributed by atoms with van der Waals surface area (Å²) in [5.74, 6) is 0.